The van der Waals surface area contributed by atoms with Gasteiger partial charge in [-0.25, -0.2) is 29.6 Å². The summed E-state index contributed by atoms with van der Waals surface area (Å²) in [4.78, 5) is 34.6. The number of alkyl halides is 3. The van der Waals surface area contributed by atoms with Crippen LogP contribution in [0, 0.1) is 0 Å². The third-order valence-electron chi connectivity index (χ3n) is 3.57. The Balaban J connectivity index is 1.81. The van der Waals surface area contributed by atoms with Crippen molar-refractivity contribution in [1.82, 2.24) is 25.1 Å². The number of pyridine rings is 1. The minimum Gasteiger partial charge on any atom is -0.387 e. The maximum atomic E-state index is 13.0. The number of carbonyl (C=O) groups excluding carboxylic acids is 1. The van der Waals surface area contributed by atoms with Gasteiger partial charge in [0.25, 0.3) is 5.89 Å². The van der Waals surface area contributed by atoms with E-state index >= 15 is 0 Å². The summed E-state index contributed by atoms with van der Waals surface area (Å²) in [6, 6.07) is 0.455. The number of amides is 2. The molecule has 2 amide bonds. The number of nitrogens with two attached hydrogens (primary N) is 1. The summed E-state index contributed by atoms with van der Waals surface area (Å²) in [7, 11) is 0. The van der Waals surface area contributed by atoms with Crippen LogP contribution in [0.3, 0.4) is 0 Å². The van der Waals surface area contributed by atoms with Crippen LogP contribution in [0.15, 0.2) is 33.1 Å². The average Bonchev–Trinajstić information content (AvgIpc) is 3.40. The van der Waals surface area contributed by atoms with Crippen LogP contribution in [0.25, 0.3) is 31.9 Å². The number of rotatable bonds is 4. The second kappa shape index (κ2) is 7.34. The fraction of sp³-hybridized carbons (Fsp3) is 0.0667. The van der Waals surface area contributed by atoms with Gasteiger partial charge in [0.05, 0.1) is 6.20 Å². The zero-order valence-corrected chi connectivity index (χ0v) is 16.0. The topological polar surface area (TPSA) is 153 Å². The Morgan fingerprint density at radius 2 is 2.00 bits per heavy atom. The largest absolute Gasteiger partial charge is 0.434 e. The van der Waals surface area contributed by atoms with Crippen molar-refractivity contribution in [3.05, 3.63) is 40.1 Å². The fourth-order valence-electron chi connectivity index (χ4n) is 2.36. The zero-order valence-electron chi connectivity index (χ0n) is 14.4. The average molecular weight is 455 g/mol. The first-order valence-electron chi connectivity index (χ1n) is 7.82. The van der Waals surface area contributed by atoms with E-state index in [2.05, 4.69) is 30.5 Å². The van der Waals surface area contributed by atoms with E-state index in [1.54, 1.807) is 0 Å². The predicted molar refractivity (Wildman–Crippen MR) is 101 cm³/mol. The maximum Gasteiger partial charge on any atom is 0.434 e. The first-order chi connectivity index (χ1) is 14.2. The number of aromatic amines is 1. The molecular weight excluding hydrogens is 447 g/mol. The van der Waals surface area contributed by atoms with Gasteiger partial charge in [0, 0.05) is 22.7 Å². The Hall–Kier alpha value is -3.59. The van der Waals surface area contributed by atoms with Crippen molar-refractivity contribution < 1.29 is 22.4 Å². The highest BCUT2D eigenvalue weighted by Crippen LogP contribution is 2.40. The summed E-state index contributed by atoms with van der Waals surface area (Å²) in [6.45, 7) is 0. The third-order valence-corrected chi connectivity index (χ3v) is 5.46. The van der Waals surface area contributed by atoms with Crippen LogP contribution in [0.4, 0.5) is 23.8 Å². The van der Waals surface area contributed by atoms with Crippen molar-refractivity contribution in [2.45, 2.75) is 6.18 Å². The van der Waals surface area contributed by atoms with E-state index in [1.807, 2.05) is 0 Å². The highest BCUT2D eigenvalue weighted by atomic mass is 32.1. The molecule has 4 aromatic heterocycles. The molecule has 0 spiro atoms. The van der Waals surface area contributed by atoms with E-state index in [1.165, 1.54) is 18.5 Å². The van der Waals surface area contributed by atoms with Gasteiger partial charge in [-0.2, -0.15) is 13.2 Å². The second-order valence-corrected chi connectivity index (χ2v) is 7.48. The number of nitrogens with one attached hydrogen (secondary N) is 2. The number of hydrogen-bond donors (Lipinski definition) is 3. The summed E-state index contributed by atoms with van der Waals surface area (Å²) in [5.41, 5.74) is 4.64. The molecular formula is C15H8F3N7O3S2. The number of aromatic nitrogens is 5. The number of anilines is 1. The predicted octanol–water partition coefficient (Wildman–Crippen LogP) is 3.18. The van der Waals surface area contributed by atoms with Gasteiger partial charge in [0.1, 0.15) is 20.7 Å². The Morgan fingerprint density at radius 1 is 1.20 bits per heavy atom. The molecule has 0 atom stereocenters. The molecule has 0 aromatic carbocycles. The molecule has 0 aliphatic heterocycles. The van der Waals surface area contributed by atoms with E-state index in [4.69, 9.17) is 10.2 Å². The zero-order chi connectivity index (χ0) is 21.5. The minimum absolute atomic E-state index is 0.0129. The number of hydrogen-bond acceptors (Lipinski definition) is 9. The number of halogens is 3. The second-order valence-electron chi connectivity index (χ2n) is 5.59. The molecule has 15 heteroatoms. The summed E-state index contributed by atoms with van der Waals surface area (Å²) in [5, 5.41) is 9.37. The molecule has 0 aliphatic carbocycles. The van der Waals surface area contributed by atoms with Crippen molar-refractivity contribution >= 4 is 34.5 Å². The number of carbonyl (C=O) groups is 1. The number of nitrogens with zero attached hydrogens (tertiary/aromatic N) is 4. The molecule has 4 N–H and O–H groups in total. The lowest BCUT2D eigenvalue weighted by atomic mass is 10.1. The molecule has 0 bridgehead atoms. The quantitative estimate of drug-likeness (QED) is 0.427. The lowest BCUT2D eigenvalue weighted by Gasteiger charge is -2.08. The van der Waals surface area contributed by atoms with Crippen LogP contribution in [-0.4, -0.2) is 31.2 Å². The van der Waals surface area contributed by atoms with E-state index < -0.39 is 23.7 Å². The summed E-state index contributed by atoms with van der Waals surface area (Å²) < 4.78 is 43.8. The lowest BCUT2D eigenvalue weighted by Crippen LogP contribution is -2.20. The van der Waals surface area contributed by atoms with Gasteiger partial charge in [-0.05, 0) is 6.07 Å². The Kier molecular flexibility index (Phi) is 4.83. The number of urea groups is 1. The van der Waals surface area contributed by atoms with Gasteiger partial charge in [-0.1, -0.05) is 0 Å². The SMILES string of the molecule is NC(=O)Nc1cc(-c2nc(C(F)(F)F)cs2)c(-c2ncc(-c3n[nH]c(=O)o3)s2)cn1. The number of H-pyrrole nitrogens is 1. The smallest absolute Gasteiger partial charge is 0.387 e. The van der Waals surface area contributed by atoms with Gasteiger partial charge in [0.2, 0.25) is 0 Å². The highest BCUT2D eigenvalue weighted by Gasteiger charge is 2.34. The number of primary amides is 1. The van der Waals surface area contributed by atoms with Crippen molar-refractivity contribution in [3.8, 4) is 31.9 Å². The van der Waals surface area contributed by atoms with Crippen molar-refractivity contribution in [2.75, 3.05) is 5.32 Å². The monoisotopic (exact) mass is 455 g/mol. The van der Waals surface area contributed by atoms with Gasteiger partial charge >= 0.3 is 18.0 Å². The molecule has 0 fully saturated rings. The van der Waals surface area contributed by atoms with Crippen LogP contribution in [0.1, 0.15) is 5.69 Å². The molecule has 0 radical (unpaired) electrons. The molecule has 4 aromatic rings. The normalized spacial score (nSPS) is 11.6. The van der Waals surface area contributed by atoms with Crippen LogP contribution in [-0.2, 0) is 6.18 Å². The van der Waals surface area contributed by atoms with Crippen LogP contribution in [0.2, 0.25) is 0 Å². The fourth-order valence-corrected chi connectivity index (χ4v) is 4.08. The molecule has 0 unspecified atom stereocenters. The molecule has 0 saturated carbocycles. The van der Waals surface area contributed by atoms with E-state index in [0.717, 1.165) is 28.1 Å². The van der Waals surface area contributed by atoms with Gasteiger partial charge in [0.15, 0.2) is 5.69 Å². The number of thiazole rings is 2. The first kappa shape index (κ1) is 19.7. The van der Waals surface area contributed by atoms with Crippen LogP contribution >= 0.6 is 22.7 Å². The molecule has 154 valence electrons. The molecule has 4 heterocycles. The van der Waals surface area contributed by atoms with Crippen LogP contribution in [0.5, 0.6) is 0 Å². The standard InChI is InChI=1S/C15H8F3N7O3S2/c16-15(17,18)8-4-29-12(22-8)5-1-9(23-13(19)26)20-2-6(5)11-21-3-7(30-11)10-24-25-14(27)28-10/h1-4H,(H,25,27)(H3,19,20,23,26). The van der Waals surface area contributed by atoms with Gasteiger partial charge in [-0.15, -0.1) is 27.8 Å². The Bertz CT molecular complexity index is 1290. The summed E-state index contributed by atoms with van der Waals surface area (Å²) in [5.74, 6) is -0.703. The summed E-state index contributed by atoms with van der Waals surface area (Å²) >= 11 is 1.84. The highest BCUT2D eigenvalue weighted by molar-refractivity contribution is 7.18. The van der Waals surface area contributed by atoms with Crippen molar-refractivity contribution in [2.24, 2.45) is 5.73 Å². The van der Waals surface area contributed by atoms with E-state index in [-0.39, 0.29) is 22.3 Å². The first-order valence-corrected chi connectivity index (χ1v) is 9.52. The summed E-state index contributed by atoms with van der Waals surface area (Å²) in [6.07, 6.45) is -1.90. The third kappa shape index (κ3) is 3.92. The lowest BCUT2D eigenvalue weighted by molar-refractivity contribution is -0.140. The minimum atomic E-state index is -4.61. The maximum absolute atomic E-state index is 13.0. The molecule has 30 heavy (non-hydrogen) atoms. The molecule has 0 aliphatic rings. The Labute approximate surface area is 171 Å². The van der Waals surface area contributed by atoms with Crippen molar-refractivity contribution in [3.63, 3.8) is 0 Å². The van der Waals surface area contributed by atoms with Gasteiger partial charge < -0.3 is 10.2 Å². The Morgan fingerprint density at radius 3 is 2.63 bits per heavy atom. The van der Waals surface area contributed by atoms with E-state index in [9.17, 15) is 22.8 Å². The van der Waals surface area contributed by atoms with Crippen molar-refractivity contribution in [1.29, 1.82) is 0 Å². The van der Waals surface area contributed by atoms with Gasteiger partial charge in [-0.3, -0.25) is 5.32 Å². The molecule has 4 rings (SSSR count). The van der Waals surface area contributed by atoms with E-state index in [0.29, 0.717) is 15.4 Å². The molecule has 0 saturated heterocycles. The van der Waals surface area contributed by atoms with Crippen LogP contribution < -0.4 is 16.8 Å². The molecule has 10 nitrogen and oxygen atoms in total.